The van der Waals surface area contributed by atoms with E-state index in [9.17, 15) is 4.79 Å². The SMILES string of the molecule is CC(C)[C@]12O[C@H]1[C@@H]1O[C@]13[C@]1(O[C@H]1C[C@H]1C4=C(CC[C@@]13C)C(=O)OC4)[C@@H]2C. The molecule has 0 radical (unpaired) electrons. The second-order valence-corrected chi connectivity index (χ2v) is 10.2. The number of hydrogen-bond acceptors (Lipinski definition) is 5. The maximum atomic E-state index is 12.1. The molecule has 7 rings (SSSR count). The molecule has 0 aromatic heterocycles. The maximum Gasteiger partial charge on any atom is 0.334 e. The zero-order valence-electron chi connectivity index (χ0n) is 15.8. The zero-order valence-corrected chi connectivity index (χ0v) is 15.8. The molecule has 0 bridgehead atoms. The summed E-state index contributed by atoms with van der Waals surface area (Å²) in [6.07, 6.45) is 3.37. The number of epoxide rings is 3. The lowest BCUT2D eigenvalue weighted by Gasteiger charge is -2.53. The lowest BCUT2D eigenvalue weighted by molar-refractivity contribution is -0.136. The fraction of sp³-hybridized carbons (Fsp3) is 0.857. The molecule has 9 atom stereocenters. The molecule has 2 spiro atoms. The molecular weight excluding hydrogens is 332 g/mol. The average molecular weight is 358 g/mol. The molecule has 4 heterocycles. The zero-order chi connectivity index (χ0) is 17.9. The summed E-state index contributed by atoms with van der Waals surface area (Å²) < 4.78 is 25.0. The van der Waals surface area contributed by atoms with Crippen molar-refractivity contribution in [1.29, 1.82) is 0 Å². The van der Waals surface area contributed by atoms with Crippen LogP contribution in [0.5, 0.6) is 0 Å². The van der Waals surface area contributed by atoms with Crippen LogP contribution >= 0.6 is 0 Å². The van der Waals surface area contributed by atoms with E-state index in [2.05, 4.69) is 27.7 Å². The molecule has 0 amide bonds. The van der Waals surface area contributed by atoms with E-state index >= 15 is 0 Å². The van der Waals surface area contributed by atoms with Crippen molar-refractivity contribution in [3.8, 4) is 0 Å². The molecule has 5 nitrogen and oxygen atoms in total. The van der Waals surface area contributed by atoms with Crippen LogP contribution in [-0.4, -0.2) is 47.7 Å². The second-order valence-electron chi connectivity index (χ2n) is 10.2. The van der Waals surface area contributed by atoms with E-state index in [1.54, 1.807) is 0 Å². The van der Waals surface area contributed by atoms with E-state index in [1.165, 1.54) is 5.57 Å². The van der Waals surface area contributed by atoms with E-state index in [1.807, 2.05) is 0 Å². The smallest absolute Gasteiger partial charge is 0.334 e. The Kier molecular flexibility index (Phi) is 2.21. The van der Waals surface area contributed by atoms with Gasteiger partial charge in [-0.1, -0.05) is 27.7 Å². The number of esters is 1. The van der Waals surface area contributed by atoms with Gasteiger partial charge in [0.15, 0.2) is 0 Å². The summed E-state index contributed by atoms with van der Waals surface area (Å²) in [6, 6.07) is 0. The van der Waals surface area contributed by atoms with Gasteiger partial charge in [0.05, 0.1) is 6.10 Å². The van der Waals surface area contributed by atoms with E-state index in [-0.39, 0.29) is 46.5 Å². The van der Waals surface area contributed by atoms with Gasteiger partial charge in [-0.15, -0.1) is 0 Å². The topological polar surface area (TPSA) is 63.9 Å². The lowest BCUT2D eigenvalue weighted by atomic mass is 9.45. The summed E-state index contributed by atoms with van der Waals surface area (Å²) in [7, 11) is 0. The van der Waals surface area contributed by atoms with Crippen LogP contribution < -0.4 is 0 Å². The van der Waals surface area contributed by atoms with E-state index < -0.39 is 0 Å². The van der Waals surface area contributed by atoms with Gasteiger partial charge in [-0.05, 0) is 36.7 Å². The van der Waals surface area contributed by atoms with Crippen molar-refractivity contribution in [2.75, 3.05) is 6.61 Å². The van der Waals surface area contributed by atoms with Crippen molar-refractivity contribution in [3.63, 3.8) is 0 Å². The third-order valence-electron chi connectivity index (χ3n) is 9.59. The van der Waals surface area contributed by atoms with Crippen molar-refractivity contribution in [2.24, 2.45) is 23.2 Å². The molecule has 5 fully saturated rings. The summed E-state index contributed by atoms with van der Waals surface area (Å²) in [5, 5.41) is 0. The molecule has 7 aliphatic rings. The highest BCUT2D eigenvalue weighted by Crippen LogP contribution is 2.84. The first-order valence-electron chi connectivity index (χ1n) is 10.3. The van der Waals surface area contributed by atoms with Crippen molar-refractivity contribution in [2.45, 2.75) is 82.1 Å². The van der Waals surface area contributed by atoms with Gasteiger partial charge >= 0.3 is 5.97 Å². The summed E-state index contributed by atoms with van der Waals surface area (Å²) in [6.45, 7) is 9.74. The van der Waals surface area contributed by atoms with Crippen molar-refractivity contribution >= 4 is 5.97 Å². The Morgan fingerprint density at radius 3 is 2.73 bits per heavy atom. The number of hydrogen-bond donors (Lipinski definition) is 0. The van der Waals surface area contributed by atoms with E-state index in [0.717, 1.165) is 24.8 Å². The van der Waals surface area contributed by atoms with Crippen molar-refractivity contribution < 1.29 is 23.7 Å². The quantitative estimate of drug-likeness (QED) is 0.532. The number of cyclic esters (lactones) is 1. The Balaban J connectivity index is 1.39. The number of ether oxygens (including phenoxy) is 4. The highest BCUT2D eigenvalue weighted by Gasteiger charge is 2.99. The van der Waals surface area contributed by atoms with Gasteiger partial charge in [0, 0.05) is 16.9 Å². The Labute approximate surface area is 153 Å². The standard InChI is InChI=1S/C21H26O5/c1-9(2)19-10(3)20-14(24-20)7-13-12-8-23-17(22)11(12)5-6-18(13,4)21(20)16(26-21)15(19)25-19/h9-10,13-16H,5-8H2,1-4H3/t10-,13+,14+,15+,16+,18+,19-,20+,21-/m1/s1. The molecule has 3 aliphatic carbocycles. The highest BCUT2D eigenvalue weighted by atomic mass is 16.7. The molecule has 140 valence electrons. The van der Waals surface area contributed by atoms with Gasteiger partial charge in [-0.25, -0.2) is 4.79 Å². The van der Waals surface area contributed by atoms with Crippen LogP contribution in [0.1, 0.15) is 47.0 Å². The lowest BCUT2D eigenvalue weighted by Crippen LogP contribution is -2.66. The normalized spacial score (nSPS) is 63.1. The average Bonchev–Trinajstić information content (AvgIpc) is 3.47. The van der Waals surface area contributed by atoms with Gasteiger partial charge in [0.1, 0.15) is 35.6 Å². The van der Waals surface area contributed by atoms with Crippen molar-refractivity contribution in [1.82, 2.24) is 0 Å². The predicted molar refractivity (Wildman–Crippen MR) is 90.2 cm³/mol. The summed E-state index contributed by atoms with van der Waals surface area (Å²) in [4.78, 5) is 12.1. The fourth-order valence-electron chi connectivity index (χ4n) is 8.27. The second kappa shape index (κ2) is 3.81. The molecule has 0 unspecified atom stereocenters. The van der Waals surface area contributed by atoms with Gasteiger partial charge in [0.25, 0.3) is 0 Å². The monoisotopic (exact) mass is 358 g/mol. The number of rotatable bonds is 1. The summed E-state index contributed by atoms with van der Waals surface area (Å²) >= 11 is 0. The molecule has 26 heavy (non-hydrogen) atoms. The molecular formula is C21H26O5. The minimum absolute atomic E-state index is 0.000823. The van der Waals surface area contributed by atoms with E-state index in [4.69, 9.17) is 18.9 Å². The minimum Gasteiger partial charge on any atom is -0.458 e. The third-order valence-corrected chi connectivity index (χ3v) is 9.59. The largest absolute Gasteiger partial charge is 0.458 e. The van der Waals surface area contributed by atoms with Gasteiger partial charge in [-0.3, -0.25) is 0 Å². The van der Waals surface area contributed by atoms with Crippen LogP contribution in [0.4, 0.5) is 0 Å². The first-order valence-corrected chi connectivity index (χ1v) is 10.3. The third kappa shape index (κ3) is 1.15. The molecule has 0 aromatic carbocycles. The summed E-state index contributed by atoms with van der Waals surface area (Å²) in [5.74, 6) is 1.05. The molecule has 0 N–H and O–H groups in total. The van der Waals surface area contributed by atoms with Crippen LogP contribution in [-0.2, 0) is 23.7 Å². The van der Waals surface area contributed by atoms with Crippen LogP contribution in [0.2, 0.25) is 0 Å². The van der Waals surface area contributed by atoms with Crippen LogP contribution in [0, 0.1) is 23.2 Å². The van der Waals surface area contributed by atoms with Crippen molar-refractivity contribution in [3.05, 3.63) is 11.1 Å². The van der Waals surface area contributed by atoms with Crippen LogP contribution in [0.15, 0.2) is 11.1 Å². The number of carbonyl (C=O) groups excluding carboxylic acids is 1. The van der Waals surface area contributed by atoms with Crippen LogP contribution in [0.3, 0.4) is 0 Å². The Morgan fingerprint density at radius 1 is 1.15 bits per heavy atom. The van der Waals surface area contributed by atoms with Gasteiger partial charge in [-0.2, -0.15) is 0 Å². The Morgan fingerprint density at radius 2 is 1.96 bits per heavy atom. The maximum absolute atomic E-state index is 12.1. The first kappa shape index (κ1) is 15.1. The Bertz CT molecular complexity index is 817. The number of fused-ring (bicyclic) bond motifs is 4. The molecule has 2 saturated carbocycles. The molecule has 0 aromatic rings. The molecule has 4 aliphatic heterocycles. The fourth-order valence-corrected chi connectivity index (χ4v) is 8.27. The predicted octanol–water partition coefficient (Wildman–Crippen LogP) is 2.38. The highest BCUT2D eigenvalue weighted by molar-refractivity contribution is 5.92. The first-order chi connectivity index (χ1) is 12.3. The minimum atomic E-state index is -0.239. The number of carbonyl (C=O) groups is 1. The molecule has 5 heteroatoms. The summed E-state index contributed by atoms with van der Waals surface area (Å²) in [5.41, 5.74) is 1.67. The Hall–Kier alpha value is -0.910. The van der Waals surface area contributed by atoms with E-state index in [0.29, 0.717) is 24.4 Å². The van der Waals surface area contributed by atoms with Gasteiger partial charge < -0.3 is 18.9 Å². The van der Waals surface area contributed by atoms with Crippen LogP contribution in [0.25, 0.3) is 0 Å². The van der Waals surface area contributed by atoms with Gasteiger partial charge in [0.2, 0.25) is 0 Å². The molecule has 3 saturated heterocycles.